The normalized spacial score (nSPS) is 21.6. The molecule has 0 radical (unpaired) electrons. The van der Waals surface area contributed by atoms with Crippen molar-refractivity contribution in [2.24, 2.45) is 0 Å². The molecule has 2 atom stereocenters. The molecule has 0 aromatic heterocycles. The molecule has 0 aliphatic heterocycles. The Morgan fingerprint density at radius 1 is 1.09 bits per heavy atom. The monoisotopic (exact) mass is 305 g/mol. The van der Waals surface area contributed by atoms with Crippen LogP contribution in [-0.2, 0) is 0 Å². The van der Waals surface area contributed by atoms with E-state index in [-0.39, 0.29) is 17.6 Å². The molecule has 0 bridgehead atoms. The lowest BCUT2D eigenvalue weighted by Crippen LogP contribution is -2.51. The summed E-state index contributed by atoms with van der Waals surface area (Å²) in [5, 5.41) is 10.7. The molecule has 0 saturated heterocycles. The Bertz CT molecular complexity index is 542. The third-order valence-electron chi connectivity index (χ3n) is 4.50. The first-order valence-corrected chi connectivity index (χ1v) is 7.60. The first-order chi connectivity index (χ1) is 10.4. The Hall–Kier alpha value is -1.95. The summed E-state index contributed by atoms with van der Waals surface area (Å²) in [7, 11) is 5.93. The highest BCUT2D eigenvalue weighted by Crippen LogP contribution is 2.26. The number of nitrogens with zero attached hydrogens (tertiary/aromatic N) is 3. The van der Waals surface area contributed by atoms with Gasteiger partial charge in [0, 0.05) is 36.8 Å². The molecule has 1 aromatic carbocycles. The number of nitro groups is 1. The van der Waals surface area contributed by atoms with Crippen molar-refractivity contribution in [1.82, 2.24) is 9.80 Å². The second-order valence-corrected chi connectivity index (χ2v) is 6.10. The van der Waals surface area contributed by atoms with E-state index in [4.69, 9.17) is 0 Å². The van der Waals surface area contributed by atoms with Gasteiger partial charge in [-0.05, 0) is 39.1 Å². The lowest BCUT2D eigenvalue weighted by atomic mass is 9.88. The second kappa shape index (κ2) is 6.87. The average Bonchev–Trinajstić information content (AvgIpc) is 2.53. The van der Waals surface area contributed by atoms with Crippen molar-refractivity contribution in [2.45, 2.75) is 37.8 Å². The van der Waals surface area contributed by atoms with Crippen molar-refractivity contribution in [1.29, 1.82) is 0 Å². The molecule has 1 aromatic rings. The van der Waals surface area contributed by atoms with Crippen LogP contribution in [0.2, 0.25) is 0 Å². The number of benzene rings is 1. The largest absolute Gasteiger partial charge is 0.337 e. The zero-order valence-electron chi connectivity index (χ0n) is 13.4. The highest BCUT2D eigenvalue weighted by Gasteiger charge is 2.32. The maximum atomic E-state index is 12.6. The van der Waals surface area contributed by atoms with Crippen molar-refractivity contribution >= 4 is 11.6 Å². The van der Waals surface area contributed by atoms with E-state index in [9.17, 15) is 14.9 Å². The van der Waals surface area contributed by atoms with Crippen molar-refractivity contribution in [2.75, 3.05) is 21.1 Å². The predicted octanol–water partition coefficient (Wildman–Crippen LogP) is 2.54. The Balaban J connectivity index is 2.15. The maximum Gasteiger partial charge on any atom is 0.269 e. The van der Waals surface area contributed by atoms with Crippen molar-refractivity contribution in [3.8, 4) is 0 Å². The lowest BCUT2D eigenvalue weighted by Gasteiger charge is -2.41. The zero-order chi connectivity index (χ0) is 16.3. The summed E-state index contributed by atoms with van der Waals surface area (Å²) in [6.07, 6.45) is 4.42. The number of likely N-dealkylation sites (N-methyl/N-ethyl adjacent to an activating group) is 2. The van der Waals surface area contributed by atoms with Crippen LogP contribution in [0.15, 0.2) is 24.3 Å². The summed E-state index contributed by atoms with van der Waals surface area (Å²) >= 11 is 0. The number of nitro benzene ring substituents is 1. The van der Waals surface area contributed by atoms with Gasteiger partial charge in [-0.15, -0.1) is 0 Å². The third-order valence-corrected chi connectivity index (χ3v) is 4.50. The highest BCUT2D eigenvalue weighted by molar-refractivity contribution is 5.94. The molecule has 0 N–H and O–H groups in total. The Kier molecular flexibility index (Phi) is 5.13. The topological polar surface area (TPSA) is 66.7 Å². The molecule has 1 fully saturated rings. The van der Waals surface area contributed by atoms with E-state index in [0.29, 0.717) is 11.6 Å². The van der Waals surface area contributed by atoms with Gasteiger partial charge in [0.25, 0.3) is 11.6 Å². The van der Waals surface area contributed by atoms with Crippen LogP contribution in [0.1, 0.15) is 36.0 Å². The molecule has 1 amide bonds. The van der Waals surface area contributed by atoms with Gasteiger partial charge < -0.3 is 9.80 Å². The number of carbonyl (C=O) groups is 1. The van der Waals surface area contributed by atoms with Gasteiger partial charge in [0.05, 0.1) is 4.92 Å². The molecular formula is C16H23N3O3. The molecular weight excluding hydrogens is 282 g/mol. The van der Waals surface area contributed by atoms with Crippen LogP contribution in [0, 0.1) is 10.1 Å². The molecule has 0 heterocycles. The molecule has 22 heavy (non-hydrogen) atoms. The predicted molar refractivity (Wildman–Crippen MR) is 84.9 cm³/mol. The maximum absolute atomic E-state index is 12.6. The fourth-order valence-corrected chi connectivity index (χ4v) is 3.23. The van der Waals surface area contributed by atoms with Gasteiger partial charge in [0.1, 0.15) is 0 Å². The van der Waals surface area contributed by atoms with Gasteiger partial charge in [-0.2, -0.15) is 0 Å². The first kappa shape index (κ1) is 16.4. The van der Waals surface area contributed by atoms with Gasteiger partial charge >= 0.3 is 0 Å². The Morgan fingerprint density at radius 2 is 1.64 bits per heavy atom. The zero-order valence-corrected chi connectivity index (χ0v) is 13.4. The minimum atomic E-state index is -0.457. The first-order valence-electron chi connectivity index (χ1n) is 7.60. The third kappa shape index (κ3) is 3.44. The van der Waals surface area contributed by atoms with E-state index in [0.717, 1.165) is 19.3 Å². The summed E-state index contributed by atoms with van der Waals surface area (Å²) < 4.78 is 0. The summed E-state index contributed by atoms with van der Waals surface area (Å²) in [5.74, 6) is -0.0753. The van der Waals surface area contributed by atoms with Crippen LogP contribution >= 0.6 is 0 Å². The Morgan fingerprint density at radius 3 is 2.14 bits per heavy atom. The van der Waals surface area contributed by atoms with Crippen LogP contribution in [0.5, 0.6) is 0 Å². The second-order valence-electron chi connectivity index (χ2n) is 6.10. The van der Waals surface area contributed by atoms with Gasteiger partial charge in [0.15, 0.2) is 0 Å². The minimum Gasteiger partial charge on any atom is -0.337 e. The van der Waals surface area contributed by atoms with Crippen LogP contribution < -0.4 is 0 Å². The fraction of sp³-hybridized carbons (Fsp3) is 0.562. The number of rotatable bonds is 4. The van der Waals surface area contributed by atoms with Crippen molar-refractivity contribution < 1.29 is 9.72 Å². The SMILES string of the molecule is CN(C)[C@@H]1CCCC[C@H]1N(C)C(=O)c1ccc([N+](=O)[O-])cc1. The molecule has 1 saturated carbocycles. The number of amides is 1. The molecule has 1 aliphatic carbocycles. The number of carbonyl (C=O) groups excluding carboxylic acids is 1. The number of hydrogen-bond donors (Lipinski definition) is 0. The average molecular weight is 305 g/mol. The lowest BCUT2D eigenvalue weighted by molar-refractivity contribution is -0.384. The molecule has 2 rings (SSSR count). The van der Waals surface area contributed by atoms with Crippen molar-refractivity contribution in [3.63, 3.8) is 0 Å². The van der Waals surface area contributed by atoms with Crippen LogP contribution in [0.3, 0.4) is 0 Å². The van der Waals surface area contributed by atoms with Crippen LogP contribution in [0.4, 0.5) is 5.69 Å². The number of hydrogen-bond acceptors (Lipinski definition) is 4. The molecule has 1 aliphatic rings. The standard InChI is InChI=1S/C16H23N3O3/c1-17(2)14-6-4-5-7-15(14)18(3)16(20)12-8-10-13(11-9-12)19(21)22/h8-11,14-15H,4-7H2,1-3H3/t14-,15-/m1/s1. The summed E-state index contributed by atoms with van der Waals surface area (Å²) in [6, 6.07) is 6.37. The van der Waals surface area contributed by atoms with Gasteiger partial charge in [-0.3, -0.25) is 14.9 Å². The molecule has 6 heteroatoms. The smallest absolute Gasteiger partial charge is 0.269 e. The van der Waals surface area contributed by atoms with E-state index in [2.05, 4.69) is 4.90 Å². The summed E-state index contributed by atoms with van der Waals surface area (Å²) in [6.45, 7) is 0. The van der Waals surface area contributed by atoms with Crippen LogP contribution in [-0.4, -0.2) is 53.9 Å². The number of non-ortho nitro benzene ring substituents is 1. The molecule has 0 unspecified atom stereocenters. The summed E-state index contributed by atoms with van der Waals surface area (Å²) in [5.41, 5.74) is 0.499. The Labute approximate surface area is 130 Å². The molecule has 0 spiro atoms. The molecule has 6 nitrogen and oxygen atoms in total. The van der Waals surface area contributed by atoms with E-state index in [1.165, 1.54) is 30.7 Å². The summed E-state index contributed by atoms with van der Waals surface area (Å²) in [4.78, 5) is 26.8. The van der Waals surface area contributed by atoms with Gasteiger partial charge in [0.2, 0.25) is 0 Å². The van der Waals surface area contributed by atoms with E-state index in [1.807, 2.05) is 21.1 Å². The fourth-order valence-electron chi connectivity index (χ4n) is 3.23. The minimum absolute atomic E-state index is 0.00281. The molecule has 120 valence electrons. The van der Waals surface area contributed by atoms with Gasteiger partial charge in [-0.25, -0.2) is 0 Å². The highest BCUT2D eigenvalue weighted by atomic mass is 16.6. The quantitative estimate of drug-likeness (QED) is 0.633. The van der Waals surface area contributed by atoms with E-state index >= 15 is 0 Å². The van der Waals surface area contributed by atoms with Crippen LogP contribution in [0.25, 0.3) is 0 Å². The van der Waals surface area contributed by atoms with E-state index < -0.39 is 4.92 Å². The van der Waals surface area contributed by atoms with E-state index in [1.54, 1.807) is 4.90 Å². The van der Waals surface area contributed by atoms with Gasteiger partial charge in [-0.1, -0.05) is 12.8 Å². The van der Waals surface area contributed by atoms with Crippen molar-refractivity contribution in [3.05, 3.63) is 39.9 Å².